The van der Waals surface area contributed by atoms with E-state index in [-0.39, 0.29) is 12.1 Å². The molecular formula is C14H21N3O2. The number of carbonyl (C=O) groups is 1. The summed E-state index contributed by atoms with van der Waals surface area (Å²) < 4.78 is 5.26. The monoisotopic (exact) mass is 263 g/mol. The molecule has 1 fully saturated rings. The number of benzene rings is 1. The number of hydrogen-bond donors (Lipinski definition) is 3. The highest BCUT2D eigenvalue weighted by atomic mass is 16.5. The van der Waals surface area contributed by atoms with Gasteiger partial charge in [0, 0.05) is 12.6 Å². The summed E-state index contributed by atoms with van der Waals surface area (Å²) in [5.74, 6) is 0.629. The van der Waals surface area contributed by atoms with Crippen LogP contribution >= 0.6 is 0 Å². The molecule has 0 heterocycles. The minimum Gasteiger partial charge on any atom is -0.495 e. The maximum atomic E-state index is 12.0. The second kappa shape index (κ2) is 6.43. The number of nitrogens with two attached hydrogens (primary N) is 1. The quantitative estimate of drug-likeness (QED) is 0.779. The molecule has 1 aromatic carbocycles. The molecule has 0 spiro atoms. The highest BCUT2D eigenvalue weighted by molar-refractivity contribution is 5.92. The van der Waals surface area contributed by atoms with Crippen molar-refractivity contribution in [1.29, 1.82) is 0 Å². The van der Waals surface area contributed by atoms with Gasteiger partial charge in [0.05, 0.1) is 12.8 Å². The molecule has 4 N–H and O–H groups in total. The third-order valence-corrected chi connectivity index (χ3v) is 3.48. The van der Waals surface area contributed by atoms with Crippen molar-refractivity contribution in [2.24, 2.45) is 5.73 Å². The van der Waals surface area contributed by atoms with Crippen molar-refractivity contribution >= 4 is 11.7 Å². The largest absolute Gasteiger partial charge is 0.495 e. The van der Waals surface area contributed by atoms with Crippen molar-refractivity contribution in [2.75, 3.05) is 12.4 Å². The van der Waals surface area contributed by atoms with Crippen molar-refractivity contribution in [2.45, 2.75) is 38.3 Å². The molecule has 0 atom stereocenters. The maximum absolute atomic E-state index is 12.0. The minimum absolute atomic E-state index is 0.189. The standard InChI is InChI=1S/C14H21N3O2/c1-19-12-8-4-5-10(9-15)13(12)17-14(18)16-11-6-2-3-7-11/h4-5,8,11H,2-3,6-7,9,15H2,1H3,(H2,16,17,18). The van der Waals surface area contributed by atoms with Crippen LogP contribution in [0.5, 0.6) is 5.75 Å². The second-order valence-corrected chi connectivity index (χ2v) is 4.78. The number of rotatable bonds is 4. The van der Waals surface area contributed by atoms with E-state index in [4.69, 9.17) is 10.5 Å². The number of anilines is 1. The Hall–Kier alpha value is -1.75. The average Bonchev–Trinajstić information content (AvgIpc) is 2.91. The Labute approximate surface area is 113 Å². The molecule has 0 saturated heterocycles. The Morgan fingerprint density at radius 1 is 1.42 bits per heavy atom. The zero-order chi connectivity index (χ0) is 13.7. The zero-order valence-electron chi connectivity index (χ0n) is 11.2. The fraction of sp³-hybridized carbons (Fsp3) is 0.500. The highest BCUT2D eigenvalue weighted by Crippen LogP contribution is 2.28. The summed E-state index contributed by atoms with van der Waals surface area (Å²) in [5.41, 5.74) is 7.20. The predicted molar refractivity (Wildman–Crippen MR) is 75.3 cm³/mol. The molecule has 0 aliphatic heterocycles. The lowest BCUT2D eigenvalue weighted by atomic mass is 10.1. The first-order valence-electron chi connectivity index (χ1n) is 6.68. The number of nitrogens with one attached hydrogen (secondary N) is 2. The molecule has 104 valence electrons. The Balaban J connectivity index is 2.06. The smallest absolute Gasteiger partial charge is 0.319 e. The van der Waals surface area contributed by atoms with Gasteiger partial charge in [-0.05, 0) is 24.5 Å². The fourth-order valence-electron chi connectivity index (χ4n) is 2.46. The lowest BCUT2D eigenvalue weighted by Crippen LogP contribution is -2.36. The summed E-state index contributed by atoms with van der Waals surface area (Å²) in [5, 5.41) is 5.84. The maximum Gasteiger partial charge on any atom is 0.319 e. The Morgan fingerprint density at radius 3 is 2.79 bits per heavy atom. The van der Waals surface area contributed by atoms with Crippen molar-refractivity contribution in [3.05, 3.63) is 23.8 Å². The van der Waals surface area contributed by atoms with E-state index in [1.807, 2.05) is 18.2 Å². The van der Waals surface area contributed by atoms with Crippen LogP contribution in [0.3, 0.4) is 0 Å². The molecule has 1 aromatic rings. The van der Waals surface area contributed by atoms with E-state index in [2.05, 4.69) is 10.6 Å². The Kier molecular flexibility index (Phi) is 4.63. The number of hydrogen-bond acceptors (Lipinski definition) is 3. The van der Waals surface area contributed by atoms with E-state index in [0.717, 1.165) is 18.4 Å². The summed E-state index contributed by atoms with van der Waals surface area (Å²) in [7, 11) is 1.58. The van der Waals surface area contributed by atoms with Crippen LogP contribution in [0, 0.1) is 0 Å². The van der Waals surface area contributed by atoms with Crippen LogP contribution in [0.25, 0.3) is 0 Å². The molecule has 1 aliphatic rings. The van der Waals surface area contributed by atoms with Crippen molar-refractivity contribution in [3.63, 3.8) is 0 Å². The molecule has 1 aliphatic carbocycles. The number of methoxy groups -OCH3 is 1. The molecule has 0 radical (unpaired) electrons. The van der Waals surface area contributed by atoms with Gasteiger partial charge in [-0.2, -0.15) is 0 Å². The van der Waals surface area contributed by atoms with Gasteiger partial charge in [-0.1, -0.05) is 25.0 Å². The topological polar surface area (TPSA) is 76.4 Å². The van der Waals surface area contributed by atoms with Gasteiger partial charge in [-0.3, -0.25) is 0 Å². The SMILES string of the molecule is COc1cccc(CN)c1NC(=O)NC1CCCC1. The van der Waals surface area contributed by atoms with Crippen LogP contribution in [-0.4, -0.2) is 19.2 Å². The summed E-state index contributed by atoms with van der Waals surface area (Å²) >= 11 is 0. The van der Waals surface area contributed by atoms with Gasteiger partial charge in [0.25, 0.3) is 0 Å². The van der Waals surface area contributed by atoms with Gasteiger partial charge in [0.2, 0.25) is 0 Å². The van der Waals surface area contributed by atoms with Crippen LogP contribution < -0.4 is 21.1 Å². The summed E-state index contributed by atoms with van der Waals surface area (Å²) in [4.78, 5) is 12.0. The van der Waals surface area contributed by atoms with Gasteiger partial charge in [-0.25, -0.2) is 4.79 Å². The van der Waals surface area contributed by atoms with Crippen molar-refractivity contribution in [1.82, 2.24) is 5.32 Å². The average molecular weight is 263 g/mol. The number of para-hydroxylation sites is 1. The Morgan fingerprint density at radius 2 is 2.16 bits per heavy atom. The van der Waals surface area contributed by atoms with E-state index in [1.54, 1.807) is 7.11 Å². The van der Waals surface area contributed by atoms with Crippen LogP contribution in [0.15, 0.2) is 18.2 Å². The van der Waals surface area contributed by atoms with E-state index in [1.165, 1.54) is 12.8 Å². The fourth-order valence-corrected chi connectivity index (χ4v) is 2.46. The van der Waals surface area contributed by atoms with Gasteiger partial charge in [0.15, 0.2) is 0 Å². The number of ether oxygens (including phenoxy) is 1. The van der Waals surface area contributed by atoms with Gasteiger partial charge >= 0.3 is 6.03 Å². The number of urea groups is 1. The molecule has 0 aromatic heterocycles. The van der Waals surface area contributed by atoms with Crippen LogP contribution in [0.2, 0.25) is 0 Å². The van der Waals surface area contributed by atoms with E-state index in [0.29, 0.717) is 18.0 Å². The third kappa shape index (κ3) is 3.38. The lowest BCUT2D eigenvalue weighted by molar-refractivity contribution is 0.248. The summed E-state index contributed by atoms with van der Waals surface area (Å²) in [6.45, 7) is 0.357. The molecule has 1 saturated carbocycles. The summed E-state index contributed by atoms with van der Waals surface area (Å²) in [6, 6.07) is 5.65. The lowest BCUT2D eigenvalue weighted by Gasteiger charge is -2.17. The van der Waals surface area contributed by atoms with Gasteiger partial charge in [0.1, 0.15) is 5.75 Å². The van der Waals surface area contributed by atoms with E-state index < -0.39 is 0 Å². The van der Waals surface area contributed by atoms with Crippen molar-refractivity contribution < 1.29 is 9.53 Å². The van der Waals surface area contributed by atoms with Gasteiger partial charge < -0.3 is 21.1 Å². The van der Waals surface area contributed by atoms with Crippen molar-refractivity contribution in [3.8, 4) is 5.75 Å². The molecule has 0 unspecified atom stereocenters. The first-order chi connectivity index (χ1) is 9.24. The van der Waals surface area contributed by atoms with Crippen LogP contribution in [-0.2, 0) is 6.54 Å². The summed E-state index contributed by atoms with van der Waals surface area (Å²) in [6.07, 6.45) is 4.49. The molecular weight excluding hydrogens is 242 g/mol. The first-order valence-corrected chi connectivity index (χ1v) is 6.68. The predicted octanol–water partition coefficient (Wildman–Crippen LogP) is 2.22. The molecule has 0 bridgehead atoms. The third-order valence-electron chi connectivity index (χ3n) is 3.48. The molecule has 5 heteroatoms. The second-order valence-electron chi connectivity index (χ2n) is 4.78. The molecule has 19 heavy (non-hydrogen) atoms. The van der Waals surface area contributed by atoms with Crippen LogP contribution in [0.4, 0.5) is 10.5 Å². The molecule has 2 amide bonds. The molecule has 2 rings (SSSR count). The van der Waals surface area contributed by atoms with E-state index >= 15 is 0 Å². The first kappa shape index (κ1) is 13.7. The van der Waals surface area contributed by atoms with E-state index in [9.17, 15) is 4.79 Å². The minimum atomic E-state index is -0.189. The number of amides is 2. The van der Waals surface area contributed by atoms with Gasteiger partial charge in [-0.15, -0.1) is 0 Å². The van der Waals surface area contributed by atoms with Crippen LogP contribution in [0.1, 0.15) is 31.2 Å². The normalized spacial score (nSPS) is 15.3. The zero-order valence-corrected chi connectivity index (χ0v) is 11.2. The number of carbonyl (C=O) groups excluding carboxylic acids is 1. The molecule has 5 nitrogen and oxygen atoms in total. The Bertz CT molecular complexity index is 420. The highest BCUT2D eigenvalue weighted by Gasteiger charge is 2.18.